The first-order valence-corrected chi connectivity index (χ1v) is 7.73. The van der Waals surface area contributed by atoms with Crippen molar-refractivity contribution in [3.8, 4) is 0 Å². The Balaban J connectivity index is 1.84. The van der Waals surface area contributed by atoms with Crippen LogP contribution in [0.4, 0.5) is 0 Å². The van der Waals surface area contributed by atoms with Gasteiger partial charge < -0.3 is 9.84 Å². The van der Waals surface area contributed by atoms with Gasteiger partial charge in [-0.15, -0.1) is 0 Å². The first-order valence-electron chi connectivity index (χ1n) is 7.73. The Morgan fingerprint density at radius 1 is 1.21 bits per heavy atom. The first kappa shape index (κ1) is 14.6. The van der Waals surface area contributed by atoms with Crippen LogP contribution >= 0.6 is 0 Å². The standard InChI is InChI=1S/C16H28N2O/c1-11(2)14-6-5-7-15(9-8-14)17-10-16-12(3)18-19-13(16)4/h11,14-15,17H,5-10H2,1-4H3. The maximum Gasteiger partial charge on any atom is 0.138 e. The lowest BCUT2D eigenvalue weighted by Gasteiger charge is -2.19. The number of aromatic nitrogens is 1. The van der Waals surface area contributed by atoms with Gasteiger partial charge in [-0.2, -0.15) is 0 Å². The summed E-state index contributed by atoms with van der Waals surface area (Å²) in [6.07, 6.45) is 6.76. The predicted octanol–water partition coefficient (Wildman–Crippen LogP) is 3.99. The molecular weight excluding hydrogens is 236 g/mol. The summed E-state index contributed by atoms with van der Waals surface area (Å²) in [4.78, 5) is 0. The van der Waals surface area contributed by atoms with Crippen LogP contribution in [0, 0.1) is 25.7 Å². The largest absolute Gasteiger partial charge is 0.361 e. The smallest absolute Gasteiger partial charge is 0.138 e. The van der Waals surface area contributed by atoms with Crippen LogP contribution in [0.5, 0.6) is 0 Å². The predicted molar refractivity (Wildman–Crippen MR) is 78.0 cm³/mol. The van der Waals surface area contributed by atoms with Crippen LogP contribution < -0.4 is 5.32 Å². The second-order valence-corrected chi connectivity index (χ2v) is 6.39. The Morgan fingerprint density at radius 3 is 2.63 bits per heavy atom. The van der Waals surface area contributed by atoms with E-state index >= 15 is 0 Å². The van der Waals surface area contributed by atoms with Crippen molar-refractivity contribution >= 4 is 0 Å². The van der Waals surface area contributed by atoms with E-state index in [1.54, 1.807) is 0 Å². The average Bonchev–Trinajstić information content (AvgIpc) is 2.58. The van der Waals surface area contributed by atoms with E-state index in [0.717, 1.165) is 29.8 Å². The van der Waals surface area contributed by atoms with Crippen LogP contribution in [0.15, 0.2) is 4.52 Å². The van der Waals surface area contributed by atoms with Gasteiger partial charge in [-0.25, -0.2) is 0 Å². The van der Waals surface area contributed by atoms with Crippen molar-refractivity contribution in [1.29, 1.82) is 0 Å². The third-order valence-electron chi connectivity index (χ3n) is 4.70. The van der Waals surface area contributed by atoms with Gasteiger partial charge in [-0.3, -0.25) is 0 Å². The highest BCUT2D eigenvalue weighted by molar-refractivity contribution is 5.20. The lowest BCUT2D eigenvalue weighted by molar-refractivity contribution is 0.337. The van der Waals surface area contributed by atoms with Gasteiger partial charge in [0, 0.05) is 18.2 Å². The third kappa shape index (κ3) is 3.82. The van der Waals surface area contributed by atoms with Crippen molar-refractivity contribution in [2.24, 2.45) is 11.8 Å². The molecule has 0 bridgehead atoms. The SMILES string of the molecule is Cc1noc(C)c1CNC1CCCC(C(C)C)CC1. The summed E-state index contributed by atoms with van der Waals surface area (Å²) in [5.41, 5.74) is 2.27. The number of nitrogens with one attached hydrogen (secondary N) is 1. The molecule has 3 nitrogen and oxygen atoms in total. The van der Waals surface area contributed by atoms with Crippen LogP contribution in [0.3, 0.4) is 0 Å². The monoisotopic (exact) mass is 264 g/mol. The third-order valence-corrected chi connectivity index (χ3v) is 4.70. The highest BCUT2D eigenvalue weighted by atomic mass is 16.5. The lowest BCUT2D eigenvalue weighted by atomic mass is 9.89. The number of rotatable bonds is 4. The molecule has 1 N–H and O–H groups in total. The van der Waals surface area contributed by atoms with E-state index in [1.807, 2.05) is 13.8 Å². The Bertz CT molecular complexity index is 378. The van der Waals surface area contributed by atoms with Crippen LogP contribution in [-0.4, -0.2) is 11.2 Å². The number of hydrogen-bond donors (Lipinski definition) is 1. The molecule has 3 heteroatoms. The zero-order chi connectivity index (χ0) is 13.8. The number of hydrogen-bond acceptors (Lipinski definition) is 3. The summed E-state index contributed by atoms with van der Waals surface area (Å²) in [5.74, 6) is 2.71. The molecule has 0 spiro atoms. The molecule has 1 aromatic heterocycles. The fraction of sp³-hybridized carbons (Fsp3) is 0.812. The summed E-state index contributed by atoms with van der Waals surface area (Å²) in [7, 11) is 0. The Kier molecular flexibility index (Phi) is 5.03. The van der Waals surface area contributed by atoms with E-state index < -0.39 is 0 Å². The van der Waals surface area contributed by atoms with E-state index in [2.05, 4.69) is 24.3 Å². The number of nitrogens with zero attached hydrogens (tertiary/aromatic N) is 1. The molecule has 2 rings (SSSR count). The van der Waals surface area contributed by atoms with Crippen LogP contribution in [0.2, 0.25) is 0 Å². The fourth-order valence-corrected chi connectivity index (χ4v) is 3.20. The van der Waals surface area contributed by atoms with E-state index in [4.69, 9.17) is 4.52 Å². The topological polar surface area (TPSA) is 38.1 Å². The molecule has 1 heterocycles. The summed E-state index contributed by atoms with van der Waals surface area (Å²) in [6, 6.07) is 0.664. The molecule has 1 fully saturated rings. The van der Waals surface area contributed by atoms with Crippen molar-refractivity contribution < 1.29 is 4.52 Å². The van der Waals surface area contributed by atoms with Gasteiger partial charge in [0.25, 0.3) is 0 Å². The van der Waals surface area contributed by atoms with Crippen LogP contribution in [0.1, 0.15) is 63.0 Å². The maximum atomic E-state index is 5.22. The van der Waals surface area contributed by atoms with Gasteiger partial charge in [0.05, 0.1) is 5.69 Å². The highest BCUT2D eigenvalue weighted by Crippen LogP contribution is 2.29. The molecule has 0 aliphatic heterocycles. The van der Waals surface area contributed by atoms with E-state index in [1.165, 1.54) is 37.7 Å². The molecule has 0 radical (unpaired) electrons. The first-order chi connectivity index (χ1) is 9.08. The fourth-order valence-electron chi connectivity index (χ4n) is 3.20. The molecule has 0 saturated heterocycles. The van der Waals surface area contributed by atoms with Crippen LogP contribution in [-0.2, 0) is 6.54 Å². The zero-order valence-electron chi connectivity index (χ0n) is 12.8. The lowest BCUT2D eigenvalue weighted by Crippen LogP contribution is -2.28. The minimum atomic E-state index is 0.664. The zero-order valence-corrected chi connectivity index (χ0v) is 12.8. The minimum absolute atomic E-state index is 0.664. The Hall–Kier alpha value is -0.830. The summed E-state index contributed by atoms with van der Waals surface area (Å²) < 4.78 is 5.22. The highest BCUT2D eigenvalue weighted by Gasteiger charge is 2.21. The minimum Gasteiger partial charge on any atom is -0.361 e. The molecule has 1 aromatic rings. The molecule has 1 saturated carbocycles. The van der Waals surface area contributed by atoms with Gasteiger partial charge in [-0.1, -0.05) is 31.8 Å². The maximum absolute atomic E-state index is 5.22. The van der Waals surface area contributed by atoms with Crippen molar-refractivity contribution in [3.63, 3.8) is 0 Å². The van der Waals surface area contributed by atoms with E-state index in [9.17, 15) is 0 Å². The molecule has 1 aliphatic carbocycles. The van der Waals surface area contributed by atoms with Gasteiger partial charge in [-0.05, 0) is 44.9 Å². The molecule has 108 valence electrons. The van der Waals surface area contributed by atoms with Crippen molar-refractivity contribution in [3.05, 3.63) is 17.0 Å². The van der Waals surface area contributed by atoms with Gasteiger partial charge in [0.15, 0.2) is 0 Å². The van der Waals surface area contributed by atoms with Gasteiger partial charge in [0.1, 0.15) is 5.76 Å². The molecule has 19 heavy (non-hydrogen) atoms. The second-order valence-electron chi connectivity index (χ2n) is 6.39. The molecule has 2 unspecified atom stereocenters. The average molecular weight is 264 g/mol. The summed E-state index contributed by atoms with van der Waals surface area (Å²) in [5, 5.41) is 7.72. The molecule has 0 aromatic carbocycles. The van der Waals surface area contributed by atoms with E-state index in [0.29, 0.717) is 6.04 Å². The van der Waals surface area contributed by atoms with Crippen molar-refractivity contribution in [2.45, 2.75) is 72.4 Å². The molecule has 0 amide bonds. The Labute approximate surface area is 117 Å². The van der Waals surface area contributed by atoms with Gasteiger partial charge >= 0.3 is 0 Å². The Morgan fingerprint density at radius 2 is 2.00 bits per heavy atom. The van der Waals surface area contributed by atoms with Gasteiger partial charge in [0.2, 0.25) is 0 Å². The van der Waals surface area contributed by atoms with Crippen LogP contribution in [0.25, 0.3) is 0 Å². The van der Waals surface area contributed by atoms with E-state index in [-0.39, 0.29) is 0 Å². The van der Waals surface area contributed by atoms with Crippen molar-refractivity contribution in [2.75, 3.05) is 0 Å². The molecule has 2 atom stereocenters. The summed E-state index contributed by atoms with van der Waals surface area (Å²) >= 11 is 0. The molecular formula is C16H28N2O. The second kappa shape index (κ2) is 6.56. The summed E-state index contributed by atoms with van der Waals surface area (Å²) in [6.45, 7) is 9.65. The normalized spacial score (nSPS) is 24.7. The number of aryl methyl sites for hydroxylation is 2. The molecule has 1 aliphatic rings. The van der Waals surface area contributed by atoms with Crippen molar-refractivity contribution in [1.82, 2.24) is 10.5 Å². The quantitative estimate of drug-likeness (QED) is 0.836.